The summed E-state index contributed by atoms with van der Waals surface area (Å²) in [4.78, 5) is 18.3. The first kappa shape index (κ1) is 16.1. The van der Waals surface area contributed by atoms with E-state index in [2.05, 4.69) is 28.4 Å². The van der Waals surface area contributed by atoms with Crippen molar-refractivity contribution in [3.8, 4) is 0 Å². The number of hydrogen-bond donors (Lipinski definition) is 1. The molecule has 0 saturated carbocycles. The molecular weight excluding hydrogens is 318 g/mol. The topological polar surface area (TPSA) is 35.6 Å². The van der Waals surface area contributed by atoms with E-state index in [0.717, 1.165) is 56.0 Å². The lowest BCUT2D eigenvalue weighted by Gasteiger charge is -2.30. The number of carbonyl (C=O) groups excluding carboxylic acids is 1. The molecule has 6 heteroatoms. The Morgan fingerprint density at radius 3 is 2.73 bits per heavy atom. The Morgan fingerprint density at radius 2 is 1.95 bits per heavy atom. The Morgan fingerprint density at radius 1 is 1.23 bits per heavy atom. The monoisotopic (exact) mass is 339 g/mol. The molecule has 2 fully saturated rings. The minimum absolute atomic E-state index is 0. The van der Waals surface area contributed by atoms with Gasteiger partial charge in [-0.1, -0.05) is 12.1 Å². The summed E-state index contributed by atoms with van der Waals surface area (Å²) in [7, 11) is 0. The second-order valence-electron chi connectivity index (χ2n) is 6.23. The summed E-state index contributed by atoms with van der Waals surface area (Å²) in [6, 6.07) is 8.26. The van der Waals surface area contributed by atoms with Crippen LogP contribution in [0.4, 0.5) is 5.69 Å². The normalized spacial score (nSPS) is 27.2. The molecule has 0 spiro atoms. The van der Waals surface area contributed by atoms with Gasteiger partial charge in [-0.15, -0.1) is 24.2 Å². The Bertz CT molecular complexity index is 544. The number of anilines is 1. The highest BCUT2D eigenvalue weighted by Crippen LogP contribution is 2.34. The van der Waals surface area contributed by atoms with Crippen molar-refractivity contribution in [1.82, 2.24) is 10.2 Å². The molecule has 0 aromatic heterocycles. The van der Waals surface area contributed by atoms with Crippen LogP contribution in [0.15, 0.2) is 29.2 Å². The maximum absolute atomic E-state index is 12.7. The molecule has 3 heterocycles. The average Bonchev–Trinajstić information content (AvgIpc) is 3.07. The lowest BCUT2D eigenvalue weighted by Crippen LogP contribution is -2.42. The zero-order valence-corrected chi connectivity index (χ0v) is 14.2. The van der Waals surface area contributed by atoms with E-state index >= 15 is 0 Å². The van der Waals surface area contributed by atoms with E-state index < -0.39 is 0 Å². The Kier molecular flexibility index (Phi) is 4.97. The largest absolute Gasteiger partial charge is 0.316 e. The van der Waals surface area contributed by atoms with Crippen LogP contribution in [0.2, 0.25) is 0 Å². The number of benzene rings is 1. The summed E-state index contributed by atoms with van der Waals surface area (Å²) < 4.78 is 0. The Labute approximate surface area is 142 Å². The molecule has 3 aliphatic heterocycles. The Hall–Kier alpha value is -0.750. The predicted molar refractivity (Wildman–Crippen MR) is 93.1 cm³/mol. The smallest absolute Gasteiger partial charge is 0.241 e. The molecule has 0 unspecified atom stereocenters. The molecule has 4 rings (SSSR count). The van der Waals surface area contributed by atoms with Crippen molar-refractivity contribution in [2.45, 2.75) is 4.90 Å². The summed E-state index contributed by atoms with van der Waals surface area (Å²) in [5.41, 5.74) is 1.10. The molecule has 0 aliphatic carbocycles. The third-order valence-electron chi connectivity index (χ3n) is 4.85. The van der Waals surface area contributed by atoms with Gasteiger partial charge in [0, 0.05) is 30.3 Å². The fourth-order valence-corrected chi connectivity index (χ4v) is 4.78. The highest BCUT2D eigenvalue weighted by molar-refractivity contribution is 7.99. The number of nitrogens with one attached hydrogen (secondary N) is 1. The maximum Gasteiger partial charge on any atom is 0.241 e. The number of fused-ring (bicyclic) bond motifs is 2. The second-order valence-corrected chi connectivity index (χ2v) is 7.37. The lowest BCUT2D eigenvalue weighted by atomic mass is 10.0. The number of hydrogen-bond acceptors (Lipinski definition) is 4. The van der Waals surface area contributed by atoms with Gasteiger partial charge in [0.2, 0.25) is 5.91 Å². The number of thioether (sulfide) groups is 1. The van der Waals surface area contributed by atoms with Gasteiger partial charge < -0.3 is 10.2 Å². The van der Waals surface area contributed by atoms with E-state index in [-0.39, 0.29) is 18.3 Å². The summed E-state index contributed by atoms with van der Waals surface area (Å²) in [5.74, 6) is 2.76. The molecular formula is C16H22ClN3OS. The molecule has 3 aliphatic rings. The van der Waals surface area contributed by atoms with Gasteiger partial charge in [-0.25, -0.2) is 0 Å². The minimum Gasteiger partial charge on any atom is -0.316 e. The number of halogens is 1. The number of rotatable bonds is 2. The zero-order valence-electron chi connectivity index (χ0n) is 12.5. The van der Waals surface area contributed by atoms with Gasteiger partial charge in [0.25, 0.3) is 0 Å². The molecule has 120 valence electrons. The quantitative estimate of drug-likeness (QED) is 0.889. The predicted octanol–water partition coefficient (Wildman–Crippen LogP) is 1.70. The number of amides is 1. The van der Waals surface area contributed by atoms with Crippen molar-refractivity contribution in [3.05, 3.63) is 24.3 Å². The third-order valence-corrected chi connectivity index (χ3v) is 5.90. The second kappa shape index (κ2) is 6.79. The number of carbonyl (C=O) groups is 1. The van der Waals surface area contributed by atoms with E-state index in [9.17, 15) is 4.79 Å². The molecule has 4 nitrogen and oxygen atoms in total. The van der Waals surface area contributed by atoms with Gasteiger partial charge in [-0.05, 0) is 37.1 Å². The third kappa shape index (κ3) is 3.00. The van der Waals surface area contributed by atoms with Crippen LogP contribution in [0.3, 0.4) is 0 Å². The van der Waals surface area contributed by atoms with Gasteiger partial charge in [-0.3, -0.25) is 9.69 Å². The van der Waals surface area contributed by atoms with Crippen molar-refractivity contribution in [2.24, 2.45) is 11.8 Å². The zero-order chi connectivity index (χ0) is 14.2. The van der Waals surface area contributed by atoms with Gasteiger partial charge >= 0.3 is 0 Å². The van der Waals surface area contributed by atoms with E-state index in [1.54, 1.807) is 0 Å². The van der Waals surface area contributed by atoms with Gasteiger partial charge in [-0.2, -0.15) is 0 Å². The summed E-state index contributed by atoms with van der Waals surface area (Å²) >= 11 is 1.85. The molecule has 2 atom stereocenters. The summed E-state index contributed by atoms with van der Waals surface area (Å²) in [5, 5.41) is 3.45. The molecule has 1 aromatic carbocycles. The van der Waals surface area contributed by atoms with Crippen LogP contribution in [-0.2, 0) is 4.79 Å². The highest BCUT2D eigenvalue weighted by atomic mass is 35.5. The van der Waals surface area contributed by atoms with Crippen LogP contribution in [0.5, 0.6) is 0 Å². The standard InChI is InChI=1S/C16H21N3OS.ClH/c20-16(11-18-9-12-7-17-8-13(12)10-18)19-5-6-21-15-4-2-1-3-14(15)19;/h1-4,12-13,17H,5-11H2;1H/t12-,13+;. The Balaban J connectivity index is 0.00000144. The molecule has 0 radical (unpaired) electrons. The van der Waals surface area contributed by atoms with Crippen LogP contribution < -0.4 is 10.2 Å². The molecule has 1 amide bonds. The lowest BCUT2D eigenvalue weighted by molar-refractivity contribution is -0.119. The molecule has 22 heavy (non-hydrogen) atoms. The molecule has 1 N–H and O–H groups in total. The van der Waals surface area contributed by atoms with Crippen molar-refractivity contribution < 1.29 is 4.79 Å². The van der Waals surface area contributed by atoms with Gasteiger partial charge in [0.15, 0.2) is 0 Å². The van der Waals surface area contributed by atoms with Gasteiger partial charge in [0.05, 0.1) is 12.2 Å². The SMILES string of the molecule is Cl.O=C(CN1C[C@H]2CNC[C@H]2C1)N1CCSc2ccccc21. The number of nitrogens with zero attached hydrogens (tertiary/aromatic N) is 2. The van der Waals surface area contributed by atoms with Crippen LogP contribution in [0.1, 0.15) is 0 Å². The minimum atomic E-state index is 0. The van der Waals surface area contributed by atoms with Crippen molar-refractivity contribution >= 4 is 35.8 Å². The first-order chi connectivity index (χ1) is 10.3. The number of para-hydroxylation sites is 1. The first-order valence-electron chi connectivity index (χ1n) is 7.76. The molecule has 1 aromatic rings. The summed E-state index contributed by atoms with van der Waals surface area (Å²) in [6.07, 6.45) is 0. The van der Waals surface area contributed by atoms with Crippen LogP contribution in [0, 0.1) is 11.8 Å². The van der Waals surface area contributed by atoms with Crippen molar-refractivity contribution in [1.29, 1.82) is 0 Å². The van der Waals surface area contributed by atoms with E-state index in [0.29, 0.717) is 6.54 Å². The van der Waals surface area contributed by atoms with E-state index in [4.69, 9.17) is 0 Å². The fourth-order valence-electron chi connectivity index (χ4n) is 3.79. The van der Waals surface area contributed by atoms with Crippen LogP contribution in [0.25, 0.3) is 0 Å². The average molecular weight is 340 g/mol. The van der Waals surface area contributed by atoms with Crippen LogP contribution in [-0.4, -0.2) is 55.8 Å². The molecule has 0 bridgehead atoms. The fraction of sp³-hybridized carbons (Fsp3) is 0.562. The van der Waals surface area contributed by atoms with Crippen molar-refractivity contribution in [2.75, 3.05) is 49.9 Å². The first-order valence-corrected chi connectivity index (χ1v) is 8.75. The molecule has 2 saturated heterocycles. The van der Waals surface area contributed by atoms with E-state index in [1.165, 1.54) is 4.90 Å². The highest BCUT2D eigenvalue weighted by Gasteiger charge is 2.37. The van der Waals surface area contributed by atoms with Gasteiger partial charge in [0.1, 0.15) is 0 Å². The van der Waals surface area contributed by atoms with E-state index in [1.807, 2.05) is 22.7 Å². The van der Waals surface area contributed by atoms with Crippen LogP contribution >= 0.6 is 24.2 Å². The summed E-state index contributed by atoms with van der Waals surface area (Å²) in [6.45, 7) is 5.81. The maximum atomic E-state index is 12.7. The number of likely N-dealkylation sites (tertiary alicyclic amines) is 1. The van der Waals surface area contributed by atoms with Crippen molar-refractivity contribution in [3.63, 3.8) is 0 Å².